The van der Waals surface area contributed by atoms with Crippen LogP contribution in [0.4, 0.5) is 0 Å². The summed E-state index contributed by atoms with van der Waals surface area (Å²) in [5.74, 6) is 0. The van der Waals surface area contributed by atoms with E-state index in [1.807, 2.05) is 0 Å². The smallest absolute Gasteiger partial charge is 0.243 e. The van der Waals surface area contributed by atoms with Gasteiger partial charge in [0, 0.05) is 24.2 Å². The van der Waals surface area contributed by atoms with E-state index in [-0.39, 0.29) is 23.7 Å². The molecule has 17 heavy (non-hydrogen) atoms. The molecule has 0 aromatic carbocycles. The van der Waals surface area contributed by atoms with Crippen LogP contribution in [-0.2, 0) is 10.0 Å². The molecule has 1 heterocycles. The summed E-state index contributed by atoms with van der Waals surface area (Å²) in [6, 6.07) is 4.39. The van der Waals surface area contributed by atoms with Gasteiger partial charge in [-0.3, -0.25) is 0 Å². The third-order valence-corrected chi connectivity index (χ3v) is 3.23. The fraction of sp³-hybridized carbons (Fsp3) is 0.250. The zero-order valence-electron chi connectivity index (χ0n) is 8.61. The zero-order valence-corrected chi connectivity index (χ0v) is 9.42. The van der Waals surface area contributed by atoms with Crippen LogP contribution in [-0.4, -0.2) is 26.5 Å². The van der Waals surface area contributed by atoms with Crippen molar-refractivity contribution in [3.63, 3.8) is 0 Å². The molecule has 0 saturated heterocycles. The Labute approximate surface area is 97.6 Å². The van der Waals surface area contributed by atoms with Crippen molar-refractivity contribution in [1.29, 1.82) is 5.26 Å². The quantitative estimate of drug-likeness (QED) is 0.354. The lowest BCUT2D eigenvalue weighted by Gasteiger charge is -2.05. The second-order valence-corrected chi connectivity index (χ2v) is 4.55. The number of rotatable bonds is 5. The van der Waals surface area contributed by atoms with Crippen molar-refractivity contribution in [2.24, 2.45) is 5.11 Å². The molecule has 0 fully saturated rings. The van der Waals surface area contributed by atoms with Crippen LogP contribution in [0.2, 0.25) is 0 Å². The molecule has 1 aromatic rings. The number of azide groups is 1. The van der Waals surface area contributed by atoms with E-state index in [1.165, 1.54) is 18.3 Å². The van der Waals surface area contributed by atoms with Crippen molar-refractivity contribution in [1.82, 2.24) is 9.71 Å². The van der Waals surface area contributed by atoms with Gasteiger partial charge < -0.3 is 0 Å². The number of pyridine rings is 1. The van der Waals surface area contributed by atoms with Crippen LogP contribution in [0.1, 0.15) is 5.69 Å². The fourth-order valence-electron chi connectivity index (χ4n) is 1.04. The number of hydrogen-bond acceptors (Lipinski definition) is 5. The van der Waals surface area contributed by atoms with E-state index >= 15 is 0 Å². The van der Waals surface area contributed by atoms with Gasteiger partial charge in [-0.15, -0.1) is 0 Å². The highest BCUT2D eigenvalue weighted by molar-refractivity contribution is 7.89. The van der Waals surface area contributed by atoms with Gasteiger partial charge in [0.2, 0.25) is 10.0 Å². The molecule has 1 aromatic heterocycles. The van der Waals surface area contributed by atoms with Crippen molar-refractivity contribution >= 4 is 10.0 Å². The van der Waals surface area contributed by atoms with Crippen LogP contribution in [0, 0.1) is 11.3 Å². The molecule has 0 radical (unpaired) electrons. The minimum absolute atomic E-state index is 0.00210. The molecule has 0 aliphatic heterocycles. The van der Waals surface area contributed by atoms with Crippen molar-refractivity contribution in [3.05, 3.63) is 34.5 Å². The summed E-state index contributed by atoms with van der Waals surface area (Å²) in [4.78, 5) is 5.94. The highest BCUT2D eigenvalue weighted by atomic mass is 32.2. The van der Waals surface area contributed by atoms with Gasteiger partial charge in [0.1, 0.15) is 11.0 Å². The third kappa shape index (κ3) is 3.42. The molecule has 0 atom stereocenters. The third-order valence-electron chi connectivity index (χ3n) is 1.73. The largest absolute Gasteiger partial charge is 0.244 e. The van der Waals surface area contributed by atoms with E-state index < -0.39 is 10.0 Å². The first-order valence-corrected chi connectivity index (χ1v) is 5.96. The molecule has 8 nitrogen and oxygen atoms in total. The van der Waals surface area contributed by atoms with Crippen molar-refractivity contribution < 1.29 is 8.42 Å². The predicted octanol–water partition coefficient (Wildman–Crippen LogP) is 0.542. The number of aromatic nitrogens is 1. The normalized spacial score (nSPS) is 10.3. The number of nitrogens with zero attached hydrogens (tertiary/aromatic N) is 5. The van der Waals surface area contributed by atoms with Crippen LogP contribution in [0.25, 0.3) is 10.4 Å². The maximum absolute atomic E-state index is 11.7. The summed E-state index contributed by atoms with van der Waals surface area (Å²) in [5, 5.41) is 11.9. The molecule has 0 spiro atoms. The number of nitrogens with one attached hydrogen (secondary N) is 1. The van der Waals surface area contributed by atoms with Crippen molar-refractivity contribution in [2.75, 3.05) is 13.1 Å². The second-order valence-electron chi connectivity index (χ2n) is 2.81. The predicted molar refractivity (Wildman–Crippen MR) is 58.2 cm³/mol. The second kappa shape index (κ2) is 5.81. The fourth-order valence-corrected chi connectivity index (χ4v) is 2.17. The monoisotopic (exact) mass is 252 g/mol. The summed E-state index contributed by atoms with van der Waals surface area (Å²) in [7, 11) is -3.80. The van der Waals surface area contributed by atoms with Crippen LogP contribution in [0.15, 0.2) is 28.3 Å². The Kier molecular flexibility index (Phi) is 4.42. The summed E-state index contributed by atoms with van der Waals surface area (Å²) < 4.78 is 25.7. The van der Waals surface area contributed by atoms with Crippen molar-refractivity contribution in [3.8, 4) is 6.07 Å². The number of sulfonamides is 1. The first kappa shape index (κ1) is 12.9. The molecule has 88 valence electrons. The maximum atomic E-state index is 11.7. The molecular formula is C8H8N6O2S. The van der Waals surface area contributed by atoms with Gasteiger partial charge >= 0.3 is 0 Å². The molecule has 0 aliphatic carbocycles. The van der Waals surface area contributed by atoms with Crippen LogP contribution >= 0.6 is 0 Å². The van der Waals surface area contributed by atoms with Crippen LogP contribution in [0.5, 0.6) is 0 Å². The Morgan fingerprint density at radius 1 is 1.65 bits per heavy atom. The van der Waals surface area contributed by atoms with Crippen molar-refractivity contribution in [2.45, 2.75) is 4.90 Å². The van der Waals surface area contributed by atoms with Gasteiger partial charge in [-0.05, 0) is 17.7 Å². The topological polar surface area (TPSA) is 132 Å². The summed E-state index contributed by atoms with van der Waals surface area (Å²) in [5.41, 5.74) is 7.85. The summed E-state index contributed by atoms with van der Waals surface area (Å²) in [6.07, 6.45) is 1.33. The van der Waals surface area contributed by atoms with Gasteiger partial charge in [-0.1, -0.05) is 5.11 Å². The highest BCUT2D eigenvalue weighted by Crippen LogP contribution is 2.11. The Morgan fingerprint density at radius 3 is 3.06 bits per heavy atom. The lowest BCUT2D eigenvalue weighted by molar-refractivity contribution is 0.581. The van der Waals surface area contributed by atoms with E-state index in [1.54, 1.807) is 6.07 Å². The van der Waals surface area contributed by atoms with E-state index in [4.69, 9.17) is 10.8 Å². The Bertz CT molecular complexity index is 584. The van der Waals surface area contributed by atoms with Gasteiger partial charge in [0.05, 0.1) is 0 Å². The van der Waals surface area contributed by atoms with E-state index in [0.29, 0.717) is 0 Å². The minimum atomic E-state index is -3.80. The average molecular weight is 252 g/mol. The first-order chi connectivity index (χ1) is 8.11. The Morgan fingerprint density at radius 2 is 2.41 bits per heavy atom. The molecule has 0 bridgehead atoms. The summed E-state index contributed by atoms with van der Waals surface area (Å²) >= 11 is 0. The molecule has 1 N–H and O–H groups in total. The molecule has 0 aliphatic rings. The van der Waals surface area contributed by atoms with Crippen LogP contribution < -0.4 is 4.72 Å². The molecule has 0 unspecified atom stereocenters. The number of hydrogen-bond donors (Lipinski definition) is 1. The van der Waals surface area contributed by atoms with E-state index in [2.05, 4.69) is 19.7 Å². The molecular weight excluding hydrogens is 244 g/mol. The van der Waals surface area contributed by atoms with Crippen LogP contribution in [0.3, 0.4) is 0 Å². The minimum Gasteiger partial charge on any atom is -0.244 e. The Hall–Kier alpha value is -2.14. The Balaban J connectivity index is 2.90. The molecule has 9 heteroatoms. The lowest BCUT2D eigenvalue weighted by atomic mass is 10.4. The van der Waals surface area contributed by atoms with E-state index in [0.717, 1.165) is 0 Å². The number of nitriles is 1. The van der Waals surface area contributed by atoms with E-state index in [9.17, 15) is 8.42 Å². The standard InChI is InChI=1S/C8H8N6O2S/c9-6-7-8(2-1-3-11-7)17(15,16)13-5-4-12-14-10/h1-3,13H,4-5H2. The van der Waals surface area contributed by atoms with Gasteiger partial charge in [0.25, 0.3) is 0 Å². The van der Waals surface area contributed by atoms with Gasteiger partial charge in [-0.25, -0.2) is 18.1 Å². The molecule has 0 saturated carbocycles. The highest BCUT2D eigenvalue weighted by Gasteiger charge is 2.18. The molecule has 0 amide bonds. The zero-order chi connectivity index (χ0) is 12.7. The van der Waals surface area contributed by atoms with Gasteiger partial charge in [0.15, 0.2) is 5.69 Å². The molecule has 1 rings (SSSR count). The lowest BCUT2D eigenvalue weighted by Crippen LogP contribution is -2.27. The average Bonchev–Trinajstić information content (AvgIpc) is 2.34. The summed E-state index contributed by atoms with van der Waals surface area (Å²) in [6.45, 7) is -0.0377. The SMILES string of the molecule is N#Cc1ncccc1S(=O)(=O)NCCN=[N+]=[N-]. The van der Waals surface area contributed by atoms with Gasteiger partial charge in [-0.2, -0.15) is 5.26 Å². The maximum Gasteiger partial charge on any atom is 0.243 e. The first-order valence-electron chi connectivity index (χ1n) is 4.47.